The topological polar surface area (TPSA) is 24.5 Å². The van der Waals surface area contributed by atoms with Crippen LogP contribution in [0.4, 0.5) is 0 Å². The second kappa shape index (κ2) is 9.37. The molecule has 0 saturated carbocycles. The Kier molecular flexibility index (Phi) is 6.42. The van der Waals surface area contributed by atoms with Crippen molar-refractivity contribution in [3.8, 4) is 5.75 Å². The lowest BCUT2D eigenvalue weighted by molar-refractivity contribution is 0.193. The molecule has 1 N–H and O–H groups in total. The molecule has 28 heavy (non-hydrogen) atoms. The first-order valence-electron chi connectivity index (χ1n) is 9.77. The van der Waals surface area contributed by atoms with Crippen molar-refractivity contribution >= 4 is 15.9 Å². The van der Waals surface area contributed by atoms with Crippen molar-refractivity contribution in [2.45, 2.75) is 12.6 Å². The molecule has 1 unspecified atom stereocenters. The summed E-state index contributed by atoms with van der Waals surface area (Å²) >= 11 is 3.64. The molecule has 1 aliphatic rings. The van der Waals surface area contributed by atoms with Gasteiger partial charge in [0.2, 0.25) is 0 Å². The molecule has 0 bridgehead atoms. The summed E-state index contributed by atoms with van der Waals surface area (Å²) in [5.41, 5.74) is 3.68. The van der Waals surface area contributed by atoms with Gasteiger partial charge < -0.3 is 10.1 Å². The van der Waals surface area contributed by atoms with Crippen LogP contribution in [0.2, 0.25) is 0 Å². The lowest BCUT2D eigenvalue weighted by atomic mass is 9.95. The molecule has 4 rings (SSSR count). The number of benzene rings is 3. The summed E-state index contributed by atoms with van der Waals surface area (Å²) < 4.78 is 7.40. The Hall–Kier alpha value is -2.14. The van der Waals surface area contributed by atoms with Crippen LogP contribution in [0.25, 0.3) is 0 Å². The predicted octanol–water partition coefficient (Wildman–Crippen LogP) is 5.02. The zero-order valence-electron chi connectivity index (χ0n) is 15.9. The van der Waals surface area contributed by atoms with Crippen molar-refractivity contribution in [2.24, 2.45) is 0 Å². The summed E-state index contributed by atoms with van der Waals surface area (Å²) in [6.45, 7) is 4.63. The zero-order chi connectivity index (χ0) is 19.2. The Morgan fingerprint density at radius 2 is 1.64 bits per heavy atom. The van der Waals surface area contributed by atoms with Crippen molar-refractivity contribution < 1.29 is 4.74 Å². The summed E-state index contributed by atoms with van der Waals surface area (Å²) in [6.07, 6.45) is 0. The first-order valence-corrected chi connectivity index (χ1v) is 10.6. The minimum Gasteiger partial charge on any atom is -0.489 e. The fourth-order valence-corrected chi connectivity index (χ4v) is 4.19. The lowest BCUT2D eigenvalue weighted by Crippen LogP contribution is -2.45. The van der Waals surface area contributed by atoms with Crippen molar-refractivity contribution in [2.75, 3.05) is 26.2 Å². The normalized spacial score (nSPS) is 15.9. The van der Waals surface area contributed by atoms with Gasteiger partial charge in [-0.05, 0) is 29.3 Å². The molecule has 3 nitrogen and oxygen atoms in total. The van der Waals surface area contributed by atoms with Crippen LogP contribution in [0.3, 0.4) is 0 Å². The second-order valence-electron chi connectivity index (χ2n) is 7.06. The van der Waals surface area contributed by atoms with Crippen LogP contribution in [0.15, 0.2) is 83.3 Å². The Labute approximate surface area is 175 Å². The van der Waals surface area contributed by atoms with Gasteiger partial charge in [-0.25, -0.2) is 0 Å². The molecule has 1 atom stereocenters. The van der Waals surface area contributed by atoms with Crippen LogP contribution in [0.5, 0.6) is 5.75 Å². The molecule has 1 saturated heterocycles. The van der Waals surface area contributed by atoms with Gasteiger partial charge in [0.1, 0.15) is 12.4 Å². The molecule has 0 amide bonds. The van der Waals surface area contributed by atoms with Crippen LogP contribution >= 0.6 is 15.9 Å². The van der Waals surface area contributed by atoms with E-state index in [-0.39, 0.29) is 6.04 Å². The molecule has 1 heterocycles. The van der Waals surface area contributed by atoms with Crippen molar-refractivity contribution in [3.05, 3.63) is 100 Å². The highest BCUT2D eigenvalue weighted by molar-refractivity contribution is 9.10. The standard InChI is InChI=1S/C24H25BrN2O/c25-21-10-6-9-20(17-21)24(27-15-13-26-14-16-27)22-11-4-5-12-23(22)28-18-19-7-2-1-3-8-19/h1-12,17,24,26H,13-16,18H2. The van der Waals surface area contributed by atoms with E-state index in [0.29, 0.717) is 6.61 Å². The van der Waals surface area contributed by atoms with Gasteiger partial charge in [-0.15, -0.1) is 0 Å². The van der Waals surface area contributed by atoms with Crippen molar-refractivity contribution in [1.82, 2.24) is 10.2 Å². The number of hydrogen-bond donors (Lipinski definition) is 1. The third-order valence-corrected chi connectivity index (χ3v) is 5.63. The summed E-state index contributed by atoms with van der Waals surface area (Å²) in [4.78, 5) is 2.54. The Balaban J connectivity index is 1.67. The maximum absolute atomic E-state index is 6.29. The van der Waals surface area contributed by atoms with E-state index in [0.717, 1.165) is 36.4 Å². The third-order valence-electron chi connectivity index (χ3n) is 5.13. The van der Waals surface area contributed by atoms with E-state index < -0.39 is 0 Å². The van der Waals surface area contributed by atoms with E-state index in [1.165, 1.54) is 16.7 Å². The van der Waals surface area contributed by atoms with Crippen LogP contribution in [-0.4, -0.2) is 31.1 Å². The fraction of sp³-hybridized carbons (Fsp3) is 0.250. The number of ether oxygens (including phenoxy) is 1. The number of nitrogens with one attached hydrogen (secondary N) is 1. The van der Waals surface area contributed by atoms with E-state index in [1.807, 2.05) is 6.07 Å². The Bertz CT molecular complexity index is 894. The number of piperazine rings is 1. The minimum absolute atomic E-state index is 0.173. The lowest BCUT2D eigenvalue weighted by Gasteiger charge is -2.36. The first-order chi connectivity index (χ1) is 13.8. The van der Waals surface area contributed by atoms with Gasteiger partial charge in [0.15, 0.2) is 0 Å². The molecule has 0 radical (unpaired) electrons. The van der Waals surface area contributed by atoms with Crippen LogP contribution in [0, 0.1) is 0 Å². The van der Waals surface area contributed by atoms with Gasteiger partial charge >= 0.3 is 0 Å². The zero-order valence-corrected chi connectivity index (χ0v) is 17.4. The monoisotopic (exact) mass is 436 g/mol. The van der Waals surface area contributed by atoms with Crippen LogP contribution in [0.1, 0.15) is 22.7 Å². The molecule has 0 aliphatic carbocycles. The molecule has 1 fully saturated rings. The summed E-state index contributed by atoms with van der Waals surface area (Å²) in [7, 11) is 0. The minimum atomic E-state index is 0.173. The molecule has 0 spiro atoms. The van der Waals surface area contributed by atoms with E-state index >= 15 is 0 Å². The second-order valence-corrected chi connectivity index (χ2v) is 7.97. The SMILES string of the molecule is Brc1cccc(C(c2ccccc2OCc2ccccc2)N2CCNCC2)c1. The molecule has 1 aliphatic heterocycles. The summed E-state index contributed by atoms with van der Waals surface area (Å²) in [5.74, 6) is 0.954. The number of para-hydroxylation sites is 1. The highest BCUT2D eigenvalue weighted by Crippen LogP contribution is 2.36. The quantitative estimate of drug-likeness (QED) is 0.586. The van der Waals surface area contributed by atoms with Gasteiger partial charge in [0, 0.05) is 36.2 Å². The van der Waals surface area contributed by atoms with E-state index in [1.54, 1.807) is 0 Å². The highest BCUT2D eigenvalue weighted by Gasteiger charge is 2.26. The average molecular weight is 437 g/mol. The molecular formula is C24H25BrN2O. The van der Waals surface area contributed by atoms with E-state index in [4.69, 9.17) is 4.74 Å². The highest BCUT2D eigenvalue weighted by atomic mass is 79.9. The maximum Gasteiger partial charge on any atom is 0.124 e. The van der Waals surface area contributed by atoms with Crippen LogP contribution < -0.4 is 10.1 Å². The average Bonchev–Trinajstić information content (AvgIpc) is 2.75. The number of rotatable bonds is 6. The molecule has 4 heteroatoms. The summed E-state index contributed by atoms with van der Waals surface area (Å²) in [5, 5.41) is 3.46. The first kappa shape index (κ1) is 19.2. The van der Waals surface area contributed by atoms with Crippen molar-refractivity contribution in [1.29, 1.82) is 0 Å². The Morgan fingerprint density at radius 3 is 2.43 bits per heavy atom. The van der Waals surface area contributed by atoms with Gasteiger partial charge in [-0.3, -0.25) is 4.90 Å². The van der Waals surface area contributed by atoms with Gasteiger partial charge in [0.05, 0.1) is 6.04 Å². The number of hydrogen-bond acceptors (Lipinski definition) is 3. The third kappa shape index (κ3) is 4.64. The smallest absolute Gasteiger partial charge is 0.124 e. The molecule has 3 aromatic carbocycles. The molecule has 0 aromatic heterocycles. The number of nitrogens with zero attached hydrogens (tertiary/aromatic N) is 1. The fourth-order valence-electron chi connectivity index (χ4n) is 3.78. The van der Waals surface area contributed by atoms with E-state index in [9.17, 15) is 0 Å². The number of halogens is 1. The largest absolute Gasteiger partial charge is 0.489 e. The van der Waals surface area contributed by atoms with Crippen molar-refractivity contribution in [3.63, 3.8) is 0 Å². The van der Waals surface area contributed by atoms with Gasteiger partial charge in [0.25, 0.3) is 0 Å². The molecule has 3 aromatic rings. The maximum atomic E-state index is 6.29. The van der Waals surface area contributed by atoms with Gasteiger partial charge in [-0.1, -0.05) is 76.6 Å². The van der Waals surface area contributed by atoms with E-state index in [2.05, 4.69) is 98.9 Å². The van der Waals surface area contributed by atoms with Gasteiger partial charge in [-0.2, -0.15) is 0 Å². The van der Waals surface area contributed by atoms with Crippen LogP contribution in [-0.2, 0) is 6.61 Å². The molecular weight excluding hydrogens is 412 g/mol. The predicted molar refractivity (Wildman–Crippen MR) is 118 cm³/mol. The summed E-state index contributed by atoms with van der Waals surface area (Å²) in [6, 6.07) is 27.6. The molecule has 144 valence electrons. The Morgan fingerprint density at radius 1 is 0.893 bits per heavy atom.